The summed E-state index contributed by atoms with van der Waals surface area (Å²) >= 11 is 0. The quantitative estimate of drug-likeness (QED) is 0.790. The van der Waals surface area contributed by atoms with Gasteiger partial charge < -0.3 is 10.2 Å². The Morgan fingerprint density at radius 1 is 1.03 bits per heavy atom. The molecule has 0 aromatic heterocycles. The molecule has 1 amide bonds. The van der Waals surface area contributed by atoms with E-state index in [1.807, 2.05) is 23.1 Å². The van der Waals surface area contributed by atoms with E-state index in [9.17, 15) is 13.2 Å². The third-order valence-corrected chi connectivity index (χ3v) is 7.63. The number of likely N-dealkylation sites (tertiary alicyclic amines) is 2. The number of amidine groups is 1. The highest BCUT2D eigenvalue weighted by molar-refractivity contribution is 7.90. The molecule has 3 heterocycles. The summed E-state index contributed by atoms with van der Waals surface area (Å²) in [6.07, 6.45) is 2.46. The number of hydrogen-bond donors (Lipinski definition) is 1. The van der Waals surface area contributed by atoms with Crippen molar-refractivity contribution in [2.75, 3.05) is 19.6 Å². The van der Waals surface area contributed by atoms with E-state index in [1.165, 1.54) is 5.56 Å². The van der Waals surface area contributed by atoms with Gasteiger partial charge in [-0.1, -0.05) is 42.5 Å². The minimum Gasteiger partial charge on any atom is -0.350 e. The van der Waals surface area contributed by atoms with Crippen molar-refractivity contribution in [2.24, 2.45) is 4.40 Å². The van der Waals surface area contributed by atoms with Crippen molar-refractivity contribution in [3.8, 4) is 0 Å². The minimum absolute atomic E-state index is 0.0338. The van der Waals surface area contributed by atoms with E-state index >= 15 is 0 Å². The predicted molar refractivity (Wildman–Crippen MR) is 118 cm³/mol. The smallest absolute Gasteiger partial charge is 0.285 e. The molecule has 0 bridgehead atoms. The van der Waals surface area contributed by atoms with Gasteiger partial charge in [0.05, 0.1) is 0 Å². The number of amides is 1. The molecule has 2 aromatic carbocycles. The van der Waals surface area contributed by atoms with Crippen molar-refractivity contribution >= 4 is 21.8 Å². The zero-order valence-corrected chi connectivity index (χ0v) is 18.1. The molecule has 8 heteroatoms. The fourth-order valence-electron chi connectivity index (χ4n) is 4.82. The van der Waals surface area contributed by atoms with Crippen molar-refractivity contribution in [3.05, 3.63) is 65.7 Å². The van der Waals surface area contributed by atoms with E-state index in [-0.39, 0.29) is 22.9 Å². The summed E-state index contributed by atoms with van der Waals surface area (Å²) in [7, 11) is -3.69. The van der Waals surface area contributed by atoms with Gasteiger partial charge in [-0.2, -0.15) is 8.42 Å². The first-order chi connectivity index (χ1) is 15.0. The van der Waals surface area contributed by atoms with Crippen LogP contribution in [0.25, 0.3) is 0 Å². The average Bonchev–Trinajstić information content (AvgIpc) is 3.47. The molecule has 2 fully saturated rings. The number of sulfonamides is 1. The molecular formula is C23H26N4O3S. The largest absolute Gasteiger partial charge is 0.350 e. The molecule has 0 spiro atoms. The van der Waals surface area contributed by atoms with Crippen LogP contribution in [0.1, 0.15) is 30.4 Å². The van der Waals surface area contributed by atoms with Gasteiger partial charge in [-0.15, -0.1) is 4.40 Å². The number of fused-ring (bicyclic) bond motifs is 1. The van der Waals surface area contributed by atoms with Crippen molar-refractivity contribution in [1.29, 1.82) is 0 Å². The normalized spacial score (nSPS) is 24.8. The molecule has 31 heavy (non-hydrogen) atoms. The van der Waals surface area contributed by atoms with E-state index in [1.54, 1.807) is 24.3 Å². The zero-order valence-electron chi connectivity index (χ0n) is 17.3. The number of benzene rings is 2. The molecule has 2 aromatic rings. The monoisotopic (exact) mass is 438 g/mol. The number of rotatable bonds is 4. The lowest BCUT2D eigenvalue weighted by Crippen LogP contribution is -2.49. The maximum Gasteiger partial charge on any atom is 0.285 e. The Hall–Kier alpha value is -2.71. The van der Waals surface area contributed by atoms with Gasteiger partial charge in [-0.3, -0.25) is 9.69 Å². The van der Waals surface area contributed by atoms with Crippen LogP contribution in [0.4, 0.5) is 0 Å². The Balaban J connectivity index is 1.25. The van der Waals surface area contributed by atoms with Crippen LogP contribution in [-0.4, -0.2) is 61.7 Å². The second-order valence-electron chi connectivity index (χ2n) is 8.45. The van der Waals surface area contributed by atoms with Gasteiger partial charge in [-0.25, -0.2) is 0 Å². The first-order valence-corrected chi connectivity index (χ1v) is 12.2. The minimum atomic E-state index is -3.69. The Kier molecular flexibility index (Phi) is 5.27. The van der Waals surface area contributed by atoms with Gasteiger partial charge in [0.1, 0.15) is 10.9 Å². The molecule has 0 radical (unpaired) electrons. The molecule has 1 N–H and O–H groups in total. The van der Waals surface area contributed by atoms with Crippen LogP contribution in [0.3, 0.4) is 0 Å². The molecule has 2 atom stereocenters. The summed E-state index contributed by atoms with van der Waals surface area (Å²) in [5.74, 6) is 0.374. The van der Waals surface area contributed by atoms with Crippen molar-refractivity contribution in [2.45, 2.75) is 42.8 Å². The lowest BCUT2D eigenvalue weighted by atomic mass is 10.1. The molecule has 3 aliphatic heterocycles. The van der Waals surface area contributed by atoms with E-state index in [2.05, 4.69) is 26.7 Å². The highest BCUT2D eigenvalue weighted by Gasteiger charge is 2.40. The van der Waals surface area contributed by atoms with Crippen LogP contribution in [0, 0.1) is 0 Å². The van der Waals surface area contributed by atoms with Gasteiger partial charge in [0.25, 0.3) is 10.0 Å². The van der Waals surface area contributed by atoms with Gasteiger partial charge in [0.15, 0.2) is 5.84 Å². The topological polar surface area (TPSA) is 82.1 Å². The summed E-state index contributed by atoms with van der Waals surface area (Å²) in [6, 6.07) is 16.9. The number of carbonyl (C=O) groups is 1. The van der Waals surface area contributed by atoms with Gasteiger partial charge in [-0.05, 0) is 37.0 Å². The maximum atomic E-state index is 13.1. The summed E-state index contributed by atoms with van der Waals surface area (Å²) < 4.78 is 28.9. The van der Waals surface area contributed by atoms with Crippen molar-refractivity contribution < 1.29 is 13.2 Å². The van der Waals surface area contributed by atoms with Crippen LogP contribution in [-0.2, 0) is 21.4 Å². The van der Waals surface area contributed by atoms with Crippen molar-refractivity contribution in [3.63, 3.8) is 0 Å². The van der Waals surface area contributed by atoms with Crippen LogP contribution < -0.4 is 5.32 Å². The Morgan fingerprint density at radius 2 is 1.81 bits per heavy atom. The van der Waals surface area contributed by atoms with Gasteiger partial charge >= 0.3 is 0 Å². The molecular weight excluding hydrogens is 412 g/mol. The number of carbonyl (C=O) groups excluding carboxylic acids is 1. The molecule has 7 nitrogen and oxygen atoms in total. The van der Waals surface area contributed by atoms with Crippen LogP contribution in [0.15, 0.2) is 63.9 Å². The Bertz CT molecular complexity index is 1120. The van der Waals surface area contributed by atoms with E-state index < -0.39 is 10.0 Å². The third-order valence-electron chi connectivity index (χ3n) is 6.31. The molecule has 5 rings (SSSR count). The molecule has 0 unspecified atom stereocenters. The Morgan fingerprint density at radius 3 is 2.65 bits per heavy atom. The second kappa shape index (κ2) is 8.09. The number of hydrogen-bond acceptors (Lipinski definition) is 5. The summed E-state index contributed by atoms with van der Waals surface area (Å²) in [6.45, 7) is 3.29. The summed E-state index contributed by atoms with van der Waals surface area (Å²) in [5.41, 5.74) is 1.87. The first-order valence-electron chi connectivity index (χ1n) is 10.8. The van der Waals surface area contributed by atoms with Crippen LogP contribution in [0.5, 0.6) is 0 Å². The van der Waals surface area contributed by atoms with E-state index in [0.29, 0.717) is 24.4 Å². The summed E-state index contributed by atoms with van der Waals surface area (Å²) in [4.78, 5) is 17.6. The lowest BCUT2D eigenvalue weighted by Gasteiger charge is -2.27. The first kappa shape index (κ1) is 20.2. The fraction of sp³-hybridized carbons (Fsp3) is 0.391. The zero-order chi connectivity index (χ0) is 21.4. The van der Waals surface area contributed by atoms with Gasteiger partial charge in [0.2, 0.25) is 5.91 Å². The highest BCUT2D eigenvalue weighted by atomic mass is 32.2. The third kappa shape index (κ3) is 3.97. The number of nitrogens with zero attached hydrogens (tertiary/aromatic N) is 3. The van der Waals surface area contributed by atoms with E-state index in [4.69, 9.17) is 0 Å². The molecule has 3 aliphatic rings. The molecule has 0 saturated carbocycles. The SMILES string of the molecule is O=C(N[C@H]1CCN(Cc2ccccc2)C1)[C@H]1CCCN1C1=NS(=O)(=O)c2ccccc21. The van der Waals surface area contributed by atoms with E-state index in [0.717, 1.165) is 32.5 Å². The Labute approximate surface area is 182 Å². The summed E-state index contributed by atoms with van der Waals surface area (Å²) in [5, 5.41) is 3.21. The maximum absolute atomic E-state index is 13.1. The second-order valence-corrected chi connectivity index (χ2v) is 10.0. The van der Waals surface area contributed by atoms with Crippen molar-refractivity contribution in [1.82, 2.24) is 15.1 Å². The number of nitrogens with one attached hydrogen (secondary N) is 1. The van der Waals surface area contributed by atoms with Crippen LogP contribution in [0.2, 0.25) is 0 Å². The predicted octanol–water partition coefficient (Wildman–Crippen LogP) is 1.99. The molecule has 162 valence electrons. The fourth-order valence-corrected chi connectivity index (χ4v) is 6.04. The lowest BCUT2D eigenvalue weighted by molar-refractivity contribution is -0.125. The highest BCUT2D eigenvalue weighted by Crippen LogP contribution is 2.31. The van der Waals surface area contributed by atoms with Gasteiger partial charge in [0, 0.05) is 37.8 Å². The van der Waals surface area contributed by atoms with Crippen LogP contribution >= 0.6 is 0 Å². The average molecular weight is 439 g/mol. The molecule has 2 saturated heterocycles. The molecule has 0 aliphatic carbocycles. The standard InChI is InChI=1S/C23H26N4O3S/c28-23(24-18-12-14-26(16-18)15-17-7-2-1-3-8-17)20-10-6-13-27(20)22-19-9-4-5-11-21(19)31(29,30)25-22/h1-5,7-9,11,18,20H,6,10,12-16H2,(H,24,28)/t18-,20+/m0/s1.